The van der Waals surface area contributed by atoms with Gasteiger partial charge in [-0.2, -0.15) is 0 Å². The minimum atomic E-state index is -0.585. The van der Waals surface area contributed by atoms with Gasteiger partial charge in [0.2, 0.25) is 0 Å². The summed E-state index contributed by atoms with van der Waals surface area (Å²) in [6.45, 7) is 13.3. The number of hydrogen-bond acceptors (Lipinski definition) is 5. The lowest BCUT2D eigenvalue weighted by molar-refractivity contribution is -0.149. The Labute approximate surface area is 163 Å². The average molecular weight is 381 g/mol. The van der Waals surface area contributed by atoms with Crippen LogP contribution in [0.4, 0.5) is 4.79 Å². The standard InChI is InChI=1S/C21H36N2O4/c1-7-9-10-11-12-22(6)15-21-13-16(18(24)26-8-2)23(17(21)14-21)19(25)27-20(3,4)5/h7,16-17H,1,8-15H2,2-6H3/t16-,17+,21-/m0/s1. The first-order chi connectivity index (χ1) is 12.6. The van der Waals surface area contributed by atoms with E-state index in [4.69, 9.17) is 9.47 Å². The van der Waals surface area contributed by atoms with E-state index in [0.717, 1.165) is 38.8 Å². The van der Waals surface area contributed by atoms with Gasteiger partial charge in [-0.3, -0.25) is 4.90 Å². The Morgan fingerprint density at radius 1 is 1.30 bits per heavy atom. The van der Waals surface area contributed by atoms with Crippen molar-refractivity contribution in [2.45, 2.75) is 77.5 Å². The smallest absolute Gasteiger partial charge is 0.411 e. The van der Waals surface area contributed by atoms with E-state index >= 15 is 0 Å². The summed E-state index contributed by atoms with van der Waals surface area (Å²) in [7, 11) is 2.12. The number of carbonyl (C=O) groups excluding carboxylic acids is 2. The number of rotatable bonds is 9. The number of fused-ring (bicyclic) bond motifs is 1. The summed E-state index contributed by atoms with van der Waals surface area (Å²) in [6, 6.07) is -0.468. The number of hydrogen-bond donors (Lipinski definition) is 0. The maximum atomic E-state index is 12.8. The molecule has 2 rings (SSSR count). The molecule has 154 valence electrons. The number of likely N-dealkylation sites (tertiary alicyclic amines) is 1. The van der Waals surface area contributed by atoms with Gasteiger partial charge in [0.15, 0.2) is 0 Å². The minimum Gasteiger partial charge on any atom is -0.464 e. The van der Waals surface area contributed by atoms with Crippen LogP contribution in [0.25, 0.3) is 0 Å². The molecule has 1 aliphatic carbocycles. The normalized spacial score (nSPS) is 26.7. The molecule has 6 heteroatoms. The molecule has 0 unspecified atom stereocenters. The second-order valence-corrected chi connectivity index (χ2v) is 8.96. The van der Waals surface area contributed by atoms with E-state index in [0.29, 0.717) is 13.0 Å². The number of piperidine rings is 1. The molecule has 2 fully saturated rings. The molecule has 2 aliphatic rings. The molecule has 6 nitrogen and oxygen atoms in total. The molecule has 0 N–H and O–H groups in total. The highest BCUT2D eigenvalue weighted by molar-refractivity contribution is 5.83. The Morgan fingerprint density at radius 3 is 2.59 bits per heavy atom. The Bertz CT molecular complexity index is 557. The van der Waals surface area contributed by atoms with Crippen molar-refractivity contribution in [3.8, 4) is 0 Å². The van der Waals surface area contributed by atoms with E-state index in [2.05, 4.69) is 18.5 Å². The molecule has 0 aromatic rings. The molecule has 0 radical (unpaired) electrons. The summed E-state index contributed by atoms with van der Waals surface area (Å²) in [5.41, 5.74) is -0.597. The fourth-order valence-electron chi connectivity index (χ4n) is 4.17. The van der Waals surface area contributed by atoms with Gasteiger partial charge in [0, 0.05) is 18.0 Å². The van der Waals surface area contributed by atoms with Crippen LogP contribution in [-0.4, -0.2) is 66.3 Å². The highest BCUT2D eigenvalue weighted by atomic mass is 16.6. The highest BCUT2D eigenvalue weighted by Crippen LogP contribution is 2.60. The average Bonchev–Trinajstić information content (AvgIpc) is 3.13. The maximum absolute atomic E-state index is 12.8. The van der Waals surface area contributed by atoms with Crippen LogP contribution < -0.4 is 0 Å². The van der Waals surface area contributed by atoms with Crippen molar-refractivity contribution in [2.24, 2.45) is 5.41 Å². The molecule has 27 heavy (non-hydrogen) atoms. The minimum absolute atomic E-state index is 0.0124. The van der Waals surface area contributed by atoms with Crippen LogP contribution in [0.5, 0.6) is 0 Å². The van der Waals surface area contributed by atoms with E-state index in [9.17, 15) is 9.59 Å². The molecule has 0 spiro atoms. The molecule has 3 atom stereocenters. The van der Waals surface area contributed by atoms with Crippen LogP contribution in [0.15, 0.2) is 12.7 Å². The zero-order valence-electron chi connectivity index (χ0n) is 17.6. The summed E-state index contributed by atoms with van der Waals surface area (Å²) in [4.78, 5) is 29.2. The first-order valence-corrected chi connectivity index (χ1v) is 10.1. The van der Waals surface area contributed by atoms with Gasteiger partial charge in [-0.05, 0) is 73.4 Å². The third-order valence-corrected chi connectivity index (χ3v) is 5.36. The van der Waals surface area contributed by atoms with Crippen molar-refractivity contribution in [3.05, 3.63) is 12.7 Å². The van der Waals surface area contributed by atoms with Gasteiger partial charge >= 0.3 is 12.1 Å². The fraction of sp³-hybridized carbons (Fsp3) is 0.810. The van der Waals surface area contributed by atoms with E-state index in [1.165, 1.54) is 0 Å². The van der Waals surface area contributed by atoms with Gasteiger partial charge < -0.3 is 14.4 Å². The molecule has 1 aliphatic heterocycles. The third-order valence-electron chi connectivity index (χ3n) is 5.36. The lowest BCUT2D eigenvalue weighted by Gasteiger charge is -2.29. The van der Waals surface area contributed by atoms with Gasteiger partial charge in [-0.15, -0.1) is 6.58 Å². The van der Waals surface area contributed by atoms with Gasteiger partial charge in [-0.25, -0.2) is 9.59 Å². The van der Waals surface area contributed by atoms with Crippen LogP contribution in [0.1, 0.15) is 59.8 Å². The fourth-order valence-corrected chi connectivity index (χ4v) is 4.17. The van der Waals surface area contributed by atoms with Crippen molar-refractivity contribution in [2.75, 3.05) is 26.7 Å². The topological polar surface area (TPSA) is 59.1 Å². The predicted octanol–water partition coefficient (Wildman–Crippen LogP) is 3.61. The van der Waals surface area contributed by atoms with E-state index in [1.807, 2.05) is 26.8 Å². The monoisotopic (exact) mass is 380 g/mol. The van der Waals surface area contributed by atoms with Gasteiger partial charge in [0.25, 0.3) is 0 Å². The quantitative estimate of drug-likeness (QED) is 0.347. The van der Waals surface area contributed by atoms with Crippen LogP contribution in [-0.2, 0) is 14.3 Å². The Balaban J connectivity index is 2.03. The lowest BCUT2D eigenvalue weighted by Crippen LogP contribution is -2.46. The van der Waals surface area contributed by atoms with E-state index < -0.39 is 17.7 Å². The summed E-state index contributed by atoms with van der Waals surface area (Å²) >= 11 is 0. The molecule has 0 aromatic carbocycles. The molecule has 0 aromatic heterocycles. The molecule has 1 saturated carbocycles. The van der Waals surface area contributed by atoms with Gasteiger partial charge in [0.1, 0.15) is 11.6 Å². The number of ether oxygens (including phenoxy) is 2. The molecular formula is C21H36N2O4. The predicted molar refractivity (Wildman–Crippen MR) is 105 cm³/mol. The summed E-state index contributed by atoms with van der Waals surface area (Å²) < 4.78 is 10.8. The molecule has 1 saturated heterocycles. The van der Waals surface area contributed by atoms with Crippen molar-refractivity contribution < 1.29 is 19.1 Å². The lowest BCUT2D eigenvalue weighted by atomic mass is 9.99. The first-order valence-electron chi connectivity index (χ1n) is 10.1. The largest absolute Gasteiger partial charge is 0.464 e. The summed E-state index contributed by atoms with van der Waals surface area (Å²) in [6.07, 6.45) is 6.44. The van der Waals surface area contributed by atoms with Crippen molar-refractivity contribution >= 4 is 12.1 Å². The summed E-state index contributed by atoms with van der Waals surface area (Å²) in [5, 5.41) is 0. The molecule has 1 heterocycles. The van der Waals surface area contributed by atoms with Gasteiger partial charge in [0.05, 0.1) is 6.61 Å². The molecule has 1 amide bonds. The zero-order chi connectivity index (χ0) is 20.2. The Kier molecular flexibility index (Phi) is 6.95. The highest BCUT2D eigenvalue weighted by Gasteiger charge is 2.68. The SMILES string of the molecule is C=CCCCCN(C)C[C@@]12C[C@@H](C(=O)OCC)N(C(=O)OC(C)(C)C)[C@@H]1C2. The van der Waals surface area contributed by atoms with Crippen molar-refractivity contribution in [1.29, 1.82) is 0 Å². The second-order valence-electron chi connectivity index (χ2n) is 8.96. The number of allylic oxidation sites excluding steroid dienone is 1. The maximum Gasteiger partial charge on any atom is 0.411 e. The van der Waals surface area contributed by atoms with Crippen LogP contribution in [0.2, 0.25) is 0 Å². The zero-order valence-corrected chi connectivity index (χ0v) is 17.6. The number of esters is 1. The van der Waals surface area contributed by atoms with Crippen molar-refractivity contribution in [3.63, 3.8) is 0 Å². The third kappa shape index (κ3) is 5.47. The van der Waals surface area contributed by atoms with Crippen LogP contribution >= 0.6 is 0 Å². The first kappa shape index (κ1) is 21.7. The van der Waals surface area contributed by atoms with Crippen LogP contribution in [0, 0.1) is 5.41 Å². The van der Waals surface area contributed by atoms with E-state index in [1.54, 1.807) is 11.8 Å². The number of nitrogens with zero attached hydrogens (tertiary/aromatic N) is 2. The number of unbranched alkanes of at least 4 members (excludes halogenated alkanes) is 2. The summed E-state index contributed by atoms with van der Waals surface area (Å²) in [5.74, 6) is -0.316. The Morgan fingerprint density at radius 2 is 2.00 bits per heavy atom. The van der Waals surface area contributed by atoms with E-state index in [-0.39, 0.29) is 17.4 Å². The Hall–Kier alpha value is -1.56. The second kappa shape index (κ2) is 8.63. The van der Waals surface area contributed by atoms with Gasteiger partial charge in [-0.1, -0.05) is 6.08 Å². The van der Waals surface area contributed by atoms with Crippen LogP contribution in [0.3, 0.4) is 0 Å². The number of carbonyl (C=O) groups is 2. The number of amides is 1. The molecular weight excluding hydrogens is 344 g/mol. The van der Waals surface area contributed by atoms with Crippen molar-refractivity contribution in [1.82, 2.24) is 9.80 Å². The molecule has 0 bridgehead atoms.